The van der Waals surface area contributed by atoms with E-state index in [4.69, 9.17) is 5.11 Å². The predicted octanol–water partition coefficient (Wildman–Crippen LogP) is 1.66. The SMILES string of the molecule is O=C(O)CCNC(=O)[C@H]1C[C@@H]1c1cccc(F)c1F. The largest absolute Gasteiger partial charge is 0.481 e. The number of hydrogen-bond donors (Lipinski definition) is 2. The first-order valence-electron chi connectivity index (χ1n) is 5.94. The third-order valence-corrected chi connectivity index (χ3v) is 3.15. The third-order valence-electron chi connectivity index (χ3n) is 3.15. The van der Waals surface area contributed by atoms with Gasteiger partial charge in [0.25, 0.3) is 0 Å². The second-order valence-corrected chi connectivity index (χ2v) is 4.53. The number of halogens is 2. The monoisotopic (exact) mass is 269 g/mol. The van der Waals surface area contributed by atoms with Gasteiger partial charge in [-0.3, -0.25) is 9.59 Å². The number of carbonyl (C=O) groups is 2. The summed E-state index contributed by atoms with van der Waals surface area (Å²) in [7, 11) is 0. The zero-order chi connectivity index (χ0) is 14.0. The molecule has 1 amide bonds. The number of rotatable bonds is 5. The lowest BCUT2D eigenvalue weighted by Crippen LogP contribution is -2.27. The zero-order valence-corrected chi connectivity index (χ0v) is 10.0. The molecule has 102 valence electrons. The molecule has 0 spiro atoms. The first-order chi connectivity index (χ1) is 9.00. The minimum absolute atomic E-state index is 0.0447. The molecule has 2 atom stereocenters. The molecule has 6 heteroatoms. The summed E-state index contributed by atoms with van der Waals surface area (Å²) in [5, 5.41) is 10.9. The van der Waals surface area contributed by atoms with Crippen LogP contribution in [0.15, 0.2) is 18.2 Å². The quantitative estimate of drug-likeness (QED) is 0.854. The zero-order valence-electron chi connectivity index (χ0n) is 10.0. The molecule has 0 heterocycles. The van der Waals surface area contributed by atoms with Gasteiger partial charge in [-0.15, -0.1) is 0 Å². The highest BCUT2D eigenvalue weighted by molar-refractivity contribution is 5.83. The maximum absolute atomic E-state index is 13.5. The number of carbonyl (C=O) groups excluding carboxylic acids is 1. The van der Waals surface area contributed by atoms with Crippen LogP contribution in [0.5, 0.6) is 0 Å². The van der Waals surface area contributed by atoms with Crippen molar-refractivity contribution in [1.29, 1.82) is 0 Å². The predicted molar refractivity (Wildman–Crippen MR) is 62.5 cm³/mol. The number of aliphatic carboxylic acids is 1. The molecule has 1 aliphatic rings. The molecule has 4 nitrogen and oxygen atoms in total. The van der Waals surface area contributed by atoms with Crippen molar-refractivity contribution in [2.75, 3.05) is 6.54 Å². The Balaban J connectivity index is 1.91. The summed E-state index contributed by atoms with van der Waals surface area (Å²) in [6, 6.07) is 3.90. The fourth-order valence-electron chi connectivity index (χ4n) is 2.06. The summed E-state index contributed by atoms with van der Waals surface area (Å²) in [5.41, 5.74) is 0.207. The number of benzene rings is 1. The number of carboxylic acid groups (broad SMARTS) is 1. The Labute approximate surface area is 108 Å². The highest BCUT2D eigenvalue weighted by Gasteiger charge is 2.45. The Hall–Kier alpha value is -1.98. The maximum atomic E-state index is 13.5. The van der Waals surface area contributed by atoms with Gasteiger partial charge in [0.1, 0.15) is 0 Å². The molecule has 0 unspecified atom stereocenters. The maximum Gasteiger partial charge on any atom is 0.305 e. The van der Waals surface area contributed by atoms with E-state index in [1.165, 1.54) is 12.1 Å². The molecular weight excluding hydrogens is 256 g/mol. The van der Waals surface area contributed by atoms with Crippen LogP contribution in [0, 0.1) is 17.6 Å². The van der Waals surface area contributed by atoms with Crippen LogP contribution < -0.4 is 5.32 Å². The van der Waals surface area contributed by atoms with E-state index in [9.17, 15) is 18.4 Å². The molecule has 1 saturated carbocycles. The minimum atomic E-state index is -0.996. The topological polar surface area (TPSA) is 66.4 Å². The molecule has 0 bridgehead atoms. The van der Waals surface area contributed by atoms with Crippen molar-refractivity contribution in [3.8, 4) is 0 Å². The Kier molecular flexibility index (Phi) is 3.78. The smallest absolute Gasteiger partial charge is 0.305 e. The number of hydrogen-bond acceptors (Lipinski definition) is 2. The van der Waals surface area contributed by atoms with E-state index < -0.39 is 23.5 Å². The van der Waals surface area contributed by atoms with E-state index in [0.717, 1.165) is 6.07 Å². The Morgan fingerprint density at radius 3 is 2.79 bits per heavy atom. The lowest BCUT2D eigenvalue weighted by atomic mass is 10.1. The Bertz CT molecular complexity index is 519. The van der Waals surface area contributed by atoms with Crippen LogP contribution in [0.2, 0.25) is 0 Å². The van der Waals surface area contributed by atoms with Crippen molar-refractivity contribution in [1.82, 2.24) is 5.32 Å². The third kappa shape index (κ3) is 3.07. The first kappa shape index (κ1) is 13.5. The van der Waals surface area contributed by atoms with Crippen molar-refractivity contribution in [2.45, 2.75) is 18.8 Å². The highest BCUT2D eigenvalue weighted by Crippen LogP contribution is 2.48. The van der Waals surface area contributed by atoms with Crippen LogP contribution in [-0.4, -0.2) is 23.5 Å². The van der Waals surface area contributed by atoms with E-state index in [2.05, 4.69) is 5.32 Å². The van der Waals surface area contributed by atoms with Crippen molar-refractivity contribution in [2.24, 2.45) is 5.92 Å². The van der Waals surface area contributed by atoms with Gasteiger partial charge >= 0.3 is 5.97 Å². The van der Waals surface area contributed by atoms with Crippen molar-refractivity contribution >= 4 is 11.9 Å². The summed E-state index contributed by atoms with van der Waals surface area (Å²) >= 11 is 0. The summed E-state index contributed by atoms with van der Waals surface area (Å²) in [6.07, 6.45) is 0.302. The fraction of sp³-hybridized carbons (Fsp3) is 0.385. The van der Waals surface area contributed by atoms with E-state index in [0.29, 0.717) is 6.42 Å². The summed E-state index contributed by atoms with van der Waals surface area (Å²) in [5.74, 6) is -3.85. The lowest BCUT2D eigenvalue weighted by Gasteiger charge is -2.04. The molecule has 0 aromatic heterocycles. The molecule has 2 rings (SSSR count). The average molecular weight is 269 g/mol. The van der Waals surface area contributed by atoms with Gasteiger partial charge in [0, 0.05) is 12.5 Å². The summed E-state index contributed by atoms with van der Waals surface area (Å²) in [6.45, 7) is 0.0447. The second-order valence-electron chi connectivity index (χ2n) is 4.53. The van der Waals surface area contributed by atoms with Gasteiger partial charge in [0.2, 0.25) is 5.91 Å². The van der Waals surface area contributed by atoms with Crippen LogP contribution in [-0.2, 0) is 9.59 Å². The van der Waals surface area contributed by atoms with Crippen molar-refractivity contribution in [3.05, 3.63) is 35.4 Å². The number of carboxylic acids is 1. The van der Waals surface area contributed by atoms with Crippen molar-refractivity contribution < 1.29 is 23.5 Å². The molecule has 0 saturated heterocycles. The number of nitrogens with one attached hydrogen (secondary N) is 1. The van der Waals surface area contributed by atoms with Gasteiger partial charge in [-0.1, -0.05) is 12.1 Å². The molecule has 1 aromatic rings. The molecule has 19 heavy (non-hydrogen) atoms. The van der Waals surface area contributed by atoms with Gasteiger partial charge in [0.05, 0.1) is 6.42 Å². The van der Waals surface area contributed by atoms with Crippen LogP contribution in [0.3, 0.4) is 0 Å². The van der Waals surface area contributed by atoms with Crippen LogP contribution in [0.1, 0.15) is 24.3 Å². The van der Waals surface area contributed by atoms with E-state index >= 15 is 0 Å². The van der Waals surface area contributed by atoms with E-state index in [1.807, 2.05) is 0 Å². The number of amides is 1. The summed E-state index contributed by atoms with van der Waals surface area (Å²) in [4.78, 5) is 21.9. The van der Waals surface area contributed by atoms with E-state index in [-0.39, 0.29) is 30.4 Å². The molecule has 1 fully saturated rings. The van der Waals surface area contributed by atoms with Gasteiger partial charge in [-0.05, 0) is 24.0 Å². The molecule has 1 aliphatic carbocycles. The first-order valence-corrected chi connectivity index (χ1v) is 5.94. The molecule has 0 aliphatic heterocycles. The van der Waals surface area contributed by atoms with E-state index in [1.54, 1.807) is 0 Å². The van der Waals surface area contributed by atoms with Gasteiger partial charge in [-0.2, -0.15) is 0 Å². The van der Waals surface area contributed by atoms with Crippen LogP contribution in [0.4, 0.5) is 8.78 Å². The Morgan fingerprint density at radius 2 is 2.11 bits per heavy atom. The lowest BCUT2D eigenvalue weighted by molar-refractivity contribution is -0.136. The molecule has 0 radical (unpaired) electrons. The van der Waals surface area contributed by atoms with Gasteiger partial charge in [-0.25, -0.2) is 8.78 Å². The Morgan fingerprint density at radius 1 is 1.37 bits per heavy atom. The molecular formula is C13H13F2NO3. The van der Waals surface area contributed by atoms with Crippen LogP contribution in [0.25, 0.3) is 0 Å². The standard InChI is InChI=1S/C13H13F2NO3/c14-10-3-1-2-7(12(10)15)8-6-9(8)13(19)16-5-4-11(17)18/h1-3,8-9H,4-6H2,(H,16,19)(H,17,18)/t8-,9+/m1/s1. The second kappa shape index (κ2) is 5.34. The summed E-state index contributed by atoms with van der Waals surface area (Å²) < 4.78 is 26.5. The molecule has 1 aromatic carbocycles. The normalized spacial score (nSPS) is 20.9. The van der Waals surface area contributed by atoms with Gasteiger partial charge in [0.15, 0.2) is 11.6 Å². The van der Waals surface area contributed by atoms with Crippen molar-refractivity contribution in [3.63, 3.8) is 0 Å². The minimum Gasteiger partial charge on any atom is -0.481 e. The molecule has 2 N–H and O–H groups in total. The fourth-order valence-corrected chi connectivity index (χ4v) is 2.06. The highest BCUT2D eigenvalue weighted by atomic mass is 19.2. The van der Waals surface area contributed by atoms with Crippen LogP contribution >= 0.6 is 0 Å². The average Bonchev–Trinajstić information content (AvgIpc) is 3.12. The van der Waals surface area contributed by atoms with Gasteiger partial charge < -0.3 is 10.4 Å².